The van der Waals surface area contributed by atoms with E-state index in [0.717, 1.165) is 6.42 Å². The number of fused-ring (bicyclic) bond motifs is 1. The van der Waals surface area contributed by atoms with Gasteiger partial charge in [-0.1, -0.05) is 0 Å². The van der Waals surface area contributed by atoms with Crippen LogP contribution in [0.15, 0.2) is 10.9 Å². The summed E-state index contributed by atoms with van der Waals surface area (Å²) in [7, 11) is 1.45. The molecule has 16 heavy (non-hydrogen) atoms. The molecule has 1 aliphatic rings. The number of hydrogen-bond donors (Lipinski definition) is 2. The summed E-state index contributed by atoms with van der Waals surface area (Å²) in [5.41, 5.74) is 0.683. The molecule has 0 atom stereocenters. The smallest absolute Gasteiger partial charge is 0.261 e. The number of H-pyrrole nitrogens is 1. The molecule has 0 saturated carbocycles. The van der Waals surface area contributed by atoms with Gasteiger partial charge in [0.05, 0.1) is 0 Å². The Labute approximate surface area is 91.9 Å². The highest BCUT2D eigenvalue weighted by Gasteiger charge is 2.21. The molecule has 84 valence electrons. The van der Waals surface area contributed by atoms with E-state index in [4.69, 9.17) is 0 Å². The molecule has 1 amide bonds. The summed E-state index contributed by atoms with van der Waals surface area (Å²) in [5, 5.41) is 2.37. The van der Waals surface area contributed by atoms with Crippen molar-refractivity contribution in [2.24, 2.45) is 0 Å². The highest BCUT2D eigenvalue weighted by molar-refractivity contribution is 6.01. The van der Waals surface area contributed by atoms with Crippen LogP contribution in [0.2, 0.25) is 0 Å². The van der Waals surface area contributed by atoms with Gasteiger partial charge in [-0.3, -0.25) is 14.4 Å². The normalized spacial score (nSPS) is 14.4. The lowest BCUT2D eigenvalue weighted by Gasteiger charge is -2.14. The Balaban J connectivity index is 2.59. The number of amides is 1. The van der Waals surface area contributed by atoms with Gasteiger partial charge in [-0.05, 0) is 18.9 Å². The van der Waals surface area contributed by atoms with Gasteiger partial charge in [0.2, 0.25) is 0 Å². The van der Waals surface area contributed by atoms with E-state index in [9.17, 15) is 14.4 Å². The fourth-order valence-corrected chi connectivity index (χ4v) is 1.88. The van der Waals surface area contributed by atoms with Crippen molar-refractivity contribution in [3.8, 4) is 0 Å². The van der Waals surface area contributed by atoms with Gasteiger partial charge >= 0.3 is 0 Å². The molecule has 1 aromatic heterocycles. The lowest BCUT2D eigenvalue weighted by molar-refractivity contribution is 0.0961. The van der Waals surface area contributed by atoms with Crippen LogP contribution in [0.5, 0.6) is 0 Å². The summed E-state index contributed by atoms with van der Waals surface area (Å²) in [6, 6.07) is 1.40. The lowest BCUT2D eigenvalue weighted by atomic mass is 9.94. The fourth-order valence-electron chi connectivity index (χ4n) is 1.88. The van der Waals surface area contributed by atoms with Crippen LogP contribution < -0.4 is 10.9 Å². The van der Waals surface area contributed by atoms with Gasteiger partial charge < -0.3 is 10.3 Å². The largest absolute Gasteiger partial charge is 0.355 e. The van der Waals surface area contributed by atoms with Gasteiger partial charge in [0.1, 0.15) is 5.56 Å². The summed E-state index contributed by atoms with van der Waals surface area (Å²) >= 11 is 0. The second-order valence-corrected chi connectivity index (χ2v) is 3.76. The molecule has 0 radical (unpaired) electrons. The summed E-state index contributed by atoms with van der Waals surface area (Å²) in [4.78, 5) is 37.2. The van der Waals surface area contributed by atoms with Crippen molar-refractivity contribution in [1.29, 1.82) is 0 Å². The SMILES string of the molecule is CNC(=O)c1cc2c([nH]c1=O)CCCC2=O. The standard InChI is InChI=1S/C11H12N2O3/c1-12-10(15)7-5-6-8(13-11(7)16)3-2-4-9(6)14/h5H,2-4H2,1H3,(H,12,15)(H,13,16). The minimum absolute atomic E-state index is 0.00324. The number of nitrogens with one attached hydrogen (secondary N) is 2. The molecule has 2 rings (SSSR count). The third kappa shape index (κ3) is 1.64. The maximum Gasteiger partial charge on any atom is 0.261 e. The van der Waals surface area contributed by atoms with E-state index in [1.165, 1.54) is 13.1 Å². The van der Waals surface area contributed by atoms with Crippen LogP contribution in [0.4, 0.5) is 0 Å². The third-order valence-electron chi connectivity index (χ3n) is 2.73. The summed E-state index contributed by atoms with van der Waals surface area (Å²) in [6.45, 7) is 0. The Kier molecular flexibility index (Phi) is 2.60. The number of aryl methyl sites for hydroxylation is 1. The molecule has 0 aliphatic heterocycles. The predicted octanol–water partition coefficient (Wildman–Crippen LogP) is 0.253. The van der Waals surface area contributed by atoms with Crippen LogP contribution in [0, 0.1) is 0 Å². The summed E-state index contributed by atoms with van der Waals surface area (Å²) in [6.07, 6.45) is 1.91. The van der Waals surface area contributed by atoms with E-state index >= 15 is 0 Å². The van der Waals surface area contributed by atoms with Crippen LogP contribution >= 0.6 is 0 Å². The van der Waals surface area contributed by atoms with E-state index in [2.05, 4.69) is 10.3 Å². The van der Waals surface area contributed by atoms with Crippen LogP contribution in [0.3, 0.4) is 0 Å². The quantitative estimate of drug-likeness (QED) is 0.712. The van der Waals surface area contributed by atoms with Crippen LogP contribution in [0.1, 0.15) is 39.3 Å². The lowest BCUT2D eigenvalue weighted by Crippen LogP contribution is -2.29. The number of carbonyl (C=O) groups is 2. The Morgan fingerprint density at radius 2 is 2.12 bits per heavy atom. The maximum atomic E-state index is 11.6. The minimum Gasteiger partial charge on any atom is -0.355 e. The zero-order chi connectivity index (χ0) is 11.7. The zero-order valence-corrected chi connectivity index (χ0v) is 8.92. The Morgan fingerprint density at radius 3 is 2.81 bits per heavy atom. The number of hydrogen-bond acceptors (Lipinski definition) is 3. The van der Waals surface area contributed by atoms with E-state index < -0.39 is 11.5 Å². The maximum absolute atomic E-state index is 11.6. The second kappa shape index (κ2) is 3.92. The molecule has 1 aliphatic carbocycles. The fraction of sp³-hybridized carbons (Fsp3) is 0.364. The van der Waals surface area contributed by atoms with E-state index in [0.29, 0.717) is 24.1 Å². The molecule has 5 nitrogen and oxygen atoms in total. The van der Waals surface area contributed by atoms with Gasteiger partial charge in [0, 0.05) is 24.7 Å². The average Bonchev–Trinajstić information content (AvgIpc) is 2.28. The molecule has 1 heterocycles. The molecule has 0 fully saturated rings. The Hall–Kier alpha value is -1.91. The number of aromatic nitrogens is 1. The van der Waals surface area contributed by atoms with Crippen LogP contribution in [-0.2, 0) is 6.42 Å². The number of rotatable bonds is 1. The summed E-state index contributed by atoms with van der Waals surface area (Å²) in [5.74, 6) is -0.481. The molecular formula is C11H12N2O3. The van der Waals surface area contributed by atoms with Crippen LogP contribution in [-0.4, -0.2) is 23.7 Å². The van der Waals surface area contributed by atoms with E-state index in [1.807, 2.05) is 0 Å². The number of Topliss-reactive ketones (excluding diaryl/α,β-unsaturated/α-hetero) is 1. The van der Waals surface area contributed by atoms with Crippen molar-refractivity contribution >= 4 is 11.7 Å². The first kappa shape index (κ1) is 10.6. The molecule has 1 aromatic rings. The van der Waals surface area contributed by atoms with Crippen molar-refractivity contribution in [3.63, 3.8) is 0 Å². The van der Waals surface area contributed by atoms with Crippen molar-refractivity contribution in [2.45, 2.75) is 19.3 Å². The molecule has 0 unspecified atom stereocenters. The van der Waals surface area contributed by atoms with Gasteiger partial charge in [0.15, 0.2) is 5.78 Å². The molecule has 2 N–H and O–H groups in total. The first-order valence-corrected chi connectivity index (χ1v) is 5.15. The Morgan fingerprint density at radius 1 is 1.38 bits per heavy atom. The molecule has 0 bridgehead atoms. The topological polar surface area (TPSA) is 79.0 Å². The van der Waals surface area contributed by atoms with Crippen LogP contribution in [0.25, 0.3) is 0 Å². The molecule has 0 saturated heterocycles. The first-order valence-electron chi connectivity index (χ1n) is 5.15. The molecule has 5 heteroatoms. The molecule has 0 aromatic carbocycles. The monoisotopic (exact) mass is 220 g/mol. The first-order chi connectivity index (χ1) is 7.63. The number of carbonyl (C=O) groups excluding carboxylic acids is 2. The number of ketones is 1. The number of pyridine rings is 1. The van der Waals surface area contributed by atoms with Gasteiger partial charge in [-0.2, -0.15) is 0 Å². The predicted molar refractivity (Wildman–Crippen MR) is 57.7 cm³/mol. The van der Waals surface area contributed by atoms with Crippen molar-refractivity contribution in [1.82, 2.24) is 10.3 Å². The summed E-state index contributed by atoms with van der Waals surface area (Å²) < 4.78 is 0. The third-order valence-corrected chi connectivity index (χ3v) is 2.73. The molecular weight excluding hydrogens is 208 g/mol. The van der Waals surface area contributed by atoms with Crippen molar-refractivity contribution in [2.75, 3.05) is 7.05 Å². The molecule has 0 spiro atoms. The van der Waals surface area contributed by atoms with E-state index in [-0.39, 0.29) is 11.3 Å². The minimum atomic E-state index is -0.470. The van der Waals surface area contributed by atoms with Gasteiger partial charge in [-0.25, -0.2) is 0 Å². The van der Waals surface area contributed by atoms with Crippen molar-refractivity contribution in [3.05, 3.63) is 33.2 Å². The van der Waals surface area contributed by atoms with E-state index in [1.54, 1.807) is 0 Å². The van der Waals surface area contributed by atoms with Gasteiger partial charge in [0.25, 0.3) is 11.5 Å². The highest BCUT2D eigenvalue weighted by atomic mass is 16.2. The highest BCUT2D eigenvalue weighted by Crippen LogP contribution is 2.18. The van der Waals surface area contributed by atoms with Crippen molar-refractivity contribution < 1.29 is 9.59 Å². The second-order valence-electron chi connectivity index (χ2n) is 3.76. The number of aromatic amines is 1. The Bertz CT molecular complexity index is 516. The zero-order valence-electron chi connectivity index (χ0n) is 8.92. The average molecular weight is 220 g/mol. The van der Waals surface area contributed by atoms with Gasteiger partial charge in [-0.15, -0.1) is 0 Å².